The predicted octanol–water partition coefficient (Wildman–Crippen LogP) is 5.15. The van der Waals surface area contributed by atoms with Gasteiger partial charge in [0, 0.05) is 80.2 Å². The van der Waals surface area contributed by atoms with Gasteiger partial charge in [-0.15, -0.1) is 0 Å². The number of aromatic nitrogens is 2. The number of imide groups is 1. The molecule has 6 heterocycles. The first-order valence-corrected chi connectivity index (χ1v) is 24.5. The summed E-state index contributed by atoms with van der Waals surface area (Å²) in [5.41, 5.74) is 4.74. The van der Waals surface area contributed by atoms with E-state index in [1.807, 2.05) is 43.3 Å². The Morgan fingerprint density at radius 3 is 2.35 bits per heavy atom. The number of likely N-dealkylation sites (tertiary alicyclic amines) is 1. The molecule has 0 aliphatic carbocycles. The van der Waals surface area contributed by atoms with Crippen LogP contribution < -0.4 is 36.4 Å². The monoisotopic (exact) mass is 974 g/mol. The zero-order valence-corrected chi connectivity index (χ0v) is 40.9. The van der Waals surface area contributed by atoms with Gasteiger partial charge in [0.1, 0.15) is 42.2 Å². The highest BCUT2D eigenvalue weighted by atomic mass is 19.1. The Morgan fingerprint density at radius 2 is 1.59 bits per heavy atom. The number of amides is 6. The minimum atomic E-state index is -0.707. The van der Waals surface area contributed by atoms with Crippen LogP contribution in [0.3, 0.4) is 0 Å². The Balaban J connectivity index is 0.745. The van der Waals surface area contributed by atoms with E-state index in [4.69, 9.17) is 0 Å². The average molecular weight is 974 g/mol. The number of rotatable bonds is 13. The van der Waals surface area contributed by atoms with E-state index in [0.29, 0.717) is 75.6 Å². The number of urea groups is 1. The smallest absolute Gasteiger partial charge is 0.377 e. The number of carbonyl (C=O) groups is 5. The third-order valence-corrected chi connectivity index (χ3v) is 14.9. The molecule has 374 valence electrons. The van der Waals surface area contributed by atoms with Crippen LogP contribution in [0, 0.1) is 17.0 Å². The number of carbonyl (C=O) groups excluding carboxylic acids is 5. The number of nitrogens with zero attached hydrogens (tertiary/aromatic N) is 7. The number of hydrogen-bond acceptors (Lipinski definition) is 12. The molecule has 5 N–H and O–H groups in total. The van der Waals surface area contributed by atoms with Crippen molar-refractivity contribution in [2.24, 2.45) is 5.41 Å². The van der Waals surface area contributed by atoms with Crippen LogP contribution in [-0.2, 0) is 40.6 Å². The molecule has 5 aliphatic rings. The zero-order valence-electron chi connectivity index (χ0n) is 40.9. The Morgan fingerprint density at radius 1 is 0.845 bits per heavy atom. The Labute approximate surface area is 412 Å². The van der Waals surface area contributed by atoms with Crippen LogP contribution in [0.15, 0.2) is 67.0 Å². The van der Waals surface area contributed by atoms with Gasteiger partial charge in [0.15, 0.2) is 0 Å². The molecule has 1 aromatic heterocycles. The van der Waals surface area contributed by atoms with Crippen LogP contribution in [0.25, 0.3) is 0 Å². The zero-order chi connectivity index (χ0) is 50.0. The largest absolute Gasteiger partial charge is 0.491 e. The second kappa shape index (κ2) is 20.4. The summed E-state index contributed by atoms with van der Waals surface area (Å²) in [5.74, 6) is -0.863. The lowest BCUT2D eigenvalue weighted by Crippen LogP contribution is -2.66. The lowest BCUT2D eigenvalue weighted by molar-refractivity contribution is -0.395. The third kappa shape index (κ3) is 11.1. The molecule has 4 saturated heterocycles. The van der Waals surface area contributed by atoms with Crippen molar-refractivity contribution >= 4 is 58.4 Å². The summed E-state index contributed by atoms with van der Waals surface area (Å²) in [6.07, 6.45) is 5.19. The maximum absolute atomic E-state index is 15.7. The van der Waals surface area contributed by atoms with E-state index in [1.165, 1.54) is 27.9 Å². The number of piperidine rings is 3. The number of fused-ring (bicyclic) bond motifs is 1. The van der Waals surface area contributed by atoms with Crippen molar-refractivity contribution in [3.63, 3.8) is 0 Å². The van der Waals surface area contributed by atoms with Gasteiger partial charge in [0.25, 0.3) is 5.91 Å². The summed E-state index contributed by atoms with van der Waals surface area (Å²) in [6, 6.07) is 16.7. The summed E-state index contributed by atoms with van der Waals surface area (Å²) in [5, 5.41) is 15.3. The highest BCUT2D eigenvalue weighted by molar-refractivity contribution is 6.06. The molecule has 17 nitrogen and oxygen atoms in total. The first-order valence-electron chi connectivity index (χ1n) is 24.5. The summed E-state index contributed by atoms with van der Waals surface area (Å²) < 4.78 is 32.8. The molecule has 1 spiro atoms. The van der Waals surface area contributed by atoms with Crippen molar-refractivity contribution in [2.45, 2.75) is 97.1 Å². The molecule has 19 heteroatoms. The van der Waals surface area contributed by atoms with Crippen LogP contribution in [-0.4, -0.2) is 124 Å². The fourth-order valence-corrected chi connectivity index (χ4v) is 10.3. The van der Waals surface area contributed by atoms with E-state index in [9.17, 15) is 24.0 Å². The van der Waals surface area contributed by atoms with Gasteiger partial charge in [-0.05, 0) is 86.9 Å². The highest BCUT2D eigenvalue weighted by Gasteiger charge is 2.43. The number of halogens is 2. The Kier molecular flexibility index (Phi) is 14.1. The molecule has 4 aromatic rings. The first-order chi connectivity index (χ1) is 34.0. The number of anilines is 4. The molecule has 4 fully saturated rings. The van der Waals surface area contributed by atoms with E-state index < -0.39 is 29.1 Å². The molecular formula is C52H63F2N12O5+. The van der Waals surface area contributed by atoms with Gasteiger partial charge < -0.3 is 30.7 Å². The van der Waals surface area contributed by atoms with Gasteiger partial charge in [-0.3, -0.25) is 29.4 Å². The van der Waals surface area contributed by atoms with E-state index in [1.54, 1.807) is 24.1 Å². The van der Waals surface area contributed by atoms with Gasteiger partial charge in [0.05, 0.1) is 37.1 Å². The molecule has 6 amide bonds. The van der Waals surface area contributed by atoms with E-state index >= 15 is 8.78 Å². The fraction of sp³-hybridized carbons (Fsp3) is 0.462. The Bertz CT molecular complexity index is 2770. The van der Waals surface area contributed by atoms with E-state index in [2.05, 4.69) is 60.2 Å². The molecule has 5 aliphatic heterocycles. The van der Waals surface area contributed by atoms with Crippen LogP contribution >= 0.6 is 0 Å². The number of hydrogen-bond donors (Lipinski definition) is 5. The fourth-order valence-electron chi connectivity index (χ4n) is 10.3. The van der Waals surface area contributed by atoms with Crippen LogP contribution in [0.5, 0.6) is 0 Å². The van der Waals surface area contributed by atoms with Crippen molar-refractivity contribution in [1.82, 2.24) is 35.7 Å². The van der Waals surface area contributed by atoms with Crippen molar-refractivity contribution in [2.75, 3.05) is 73.3 Å². The predicted molar refractivity (Wildman–Crippen MR) is 265 cm³/mol. The van der Waals surface area contributed by atoms with Gasteiger partial charge in [-0.25, -0.2) is 28.6 Å². The minimum absolute atomic E-state index is 0.0447. The van der Waals surface area contributed by atoms with Crippen LogP contribution in [0.1, 0.15) is 91.9 Å². The van der Waals surface area contributed by atoms with Gasteiger partial charge >= 0.3 is 6.03 Å². The van der Waals surface area contributed by atoms with Crippen LogP contribution in [0.4, 0.5) is 36.6 Å². The molecule has 0 bridgehead atoms. The quantitative estimate of drug-likeness (QED) is 0.0676. The Hall–Kier alpha value is -7.02. The first kappa shape index (κ1) is 49.0. The van der Waals surface area contributed by atoms with E-state index in [0.717, 1.165) is 59.8 Å². The topological polar surface area (TPSA) is 187 Å². The molecule has 3 aromatic carbocycles. The highest BCUT2D eigenvalue weighted by Crippen LogP contribution is 2.35. The number of nitrogens with one attached hydrogen (secondary N) is 5. The van der Waals surface area contributed by atoms with Gasteiger partial charge in [-0.1, -0.05) is 44.2 Å². The lowest BCUT2D eigenvalue weighted by atomic mass is 9.82. The number of piperazine rings is 1. The molecule has 0 saturated carbocycles. The summed E-state index contributed by atoms with van der Waals surface area (Å²) in [6.45, 7) is 11.2. The van der Waals surface area contributed by atoms with Gasteiger partial charge in [-0.2, -0.15) is 4.79 Å². The maximum atomic E-state index is 15.7. The minimum Gasteiger partial charge on any atom is -0.377 e. The third-order valence-electron chi connectivity index (χ3n) is 14.9. The summed E-state index contributed by atoms with van der Waals surface area (Å²) >= 11 is 0. The molecule has 1 unspecified atom stereocenters. The summed E-state index contributed by atoms with van der Waals surface area (Å²) in [7, 11) is 1.69. The average Bonchev–Trinajstić information content (AvgIpc) is 3.69. The van der Waals surface area contributed by atoms with Crippen LogP contribution in [0.2, 0.25) is 0 Å². The normalized spacial score (nSPS) is 20.3. The molecule has 1 atom stereocenters. The molecule has 9 rings (SSSR count). The molecular weight excluding hydrogens is 911 g/mol. The standard InChI is InChI=1S/C52H62F2N12O5/c1-33(25-55-41-10-6-9-37-38(41)29-66(49(37)70)42-11-12-46(67)60-48(42)69)62(4)50(71)57-27-35-8-5-7-34(21-35)26-56-44-24-45(59-32-58-44)64-19-15-52(16-20-64)31-65(30-47(68)61-52)43-23-39(53)36(22-40(43)54)28-63-17-13-51(2,3)14-18-63/h5-10,21-24,32,42,55H,11-20,25-31H2,1-4H3,(H3-,56,57,58,59,60,61,67,68,69,71)/p+1/b62-33-. The second-order valence-corrected chi connectivity index (χ2v) is 20.5. The van der Waals surface area contributed by atoms with Crippen molar-refractivity contribution < 1.29 is 37.3 Å². The second-order valence-electron chi connectivity index (χ2n) is 20.5. The molecule has 0 radical (unpaired) electrons. The van der Waals surface area contributed by atoms with Crippen molar-refractivity contribution in [3.8, 4) is 0 Å². The van der Waals surface area contributed by atoms with Crippen molar-refractivity contribution in [3.05, 3.63) is 106 Å². The maximum Gasteiger partial charge on any atom is 0.491 e. The van der Waals surface area contributed by atoms with E-state index in [-0.39, 0.29) is 60.8 Å². The summed E-state index contributed by atoms with van der Waals surface area (Å²) in [4.78, 5) is 80.4. The SMILES string of the molecule is C/C(CNc1cccc2c1CN(C1CCC(=O)NC1=O)C2=O)=[N+](\C)C(=O)NCc1cccc(CNc2cc(N3CCC4(CC3)CN(c3cc(F)c(CN5CCC(C)(C)CC5)cc3F)CC(=O)N4)ncn2)c1. The van der Waals surface area contributed by atoms with Gasteiger partial charge in [0.2, 0.25) is 17.7 Å². The molecule has 71 heavy (non-hydrogen) atoms. The lowest BCUT2D eigenvalue weighted by Gasteiger charge is -2.48. The van der Waals surface area contributed by atoms with Crippen molar-refractivity contribution in [1.29, 1.82) is 0 Å². The number of benzene rings is 3.